The average molecular weight is 508 g/mol. The first-order valence-corrected chi connectivity index (χ1v) is 13.2. The zero-order valence-electron chi connectivity index (χ0n) is 21.0. The number of benzene rings is 2. The van der Waals surface area contributed by atoms with Crippen LogP contribution >= 0.6 is 0 Å². The molecule has 2 saturated heterocycles. The molecule has 0 unspecified atom stereocenters. The van der Waals surface area contributed by atoms with Gasteiger partial charge in [0.05, 0.1) is 11.4 Å². The van der Waals surface area contributed by atoms with Crippen LogP contribution < -0.4 is 15.5 Å². The molecule has 3 fully saturated rings. The van der Waals surface area contributed by atoms with Gasteiger partial charge in [0.2, 0.25) is 5.91 Å². The van der Waals surface area contributed by atoms with Crippen LogP contribution in [0.5, 0.6) is 0 Å². The maximum Gasteiger partial charge on any atom is 0.254 e. The minimum absolute atomic E-state index is 0.00103. The highest BCUT2D eigenvalue weighted by Crippen LogP contribution is 2.32. The topological polar surface area (TPSA) is 85.0 Å². The van der Waals surface area contributed by atoms with Crippen LogP contribution in [0.1, 0.15) is 46.4 Å². The summed E-state index contributed by atoms with van der Waals surface area (Å²) in [6, 6.07) is 11.3. The summed E-state index contributed by atoms with van der Waals surface area (Å²) in [6.45, 7) is 4.95. The second kappa shape index (κ2) is 11.3. The number of hydrogen-bond acceptors (Lipinski definition) is 5. The first kappa shape index (κ1) is 25.2. The minimum atomic E-state index is -0.428. The molecular weight excluding hydrogens is 473 g/mol. The van der Waals surface area contributed by atoms with Gasteiger partial charge in [0, 0.05) is 69.4 Å². The van der Waals surface area contributed by atoms with Crippen molar-refractivity contribution in [2.75, 3.05) is 62.6 Å². The SMILES string of the molecule is O=C(Nc1cc(C(=O)N2CCNCC2)ccc1N1CCN(C(=O)c2cccc(F)c2)CC1)C1CCCC1. The van der Waals surface area contributed by atoms with Gasteiger partial charge >= 0.3 is 0 Å². The summed E-state index contributed by atoms with van der Waals surface area (Å²) in [4.78, 5) is 44.8. The number of nitrogens with one attached hydrogen (secondary N) is 2. The smallest absolute Gasteiger partial charge is 0.254 e. The molecule has 8 nitrogen and oxygen atoms in total. The van der Waals surface area contributed by atoms with Crippen LogP contribution in [-0.4, -0.2) is 79.9 Å². The van der Waals surface area contributed by atoms with Gasteiger partial charge in [0.15, 0.2) is 0 Å². The molecule has 2 aromatic rings. The van der Waals surface area contributed by atoms with Gasteiger partial charge in [-0.2, -0.15) is 0 Å². The van der Waals surface area contributed by atoms with E-state index in [-0.39, 0.29) is 23.6 Å². The molecule has 0 spiro atoms. The number of amides is 3. The molecule has 0 aromatic heterocycles. The number of rotatable bonds is 5. The minimum Gasteiger partial charge on any atom is -0.366 e. The molecule has 1 saturated carbocycles. The second-order valence-corrected chi connectivity index (χ2v) is 10.0. The number of carbonyl (C=O) groups excluding carboxylic acids is 3. The molecule has 0 bridgehead atoms. The first-order valence-electron chi connectivity index (χ1n) is 13.2. The molecule has 2 N–H and O–H groups in total. The van der Waals surface area contributed by atoms with Crippen LogP contribution in [0.4, 0.5) is 15.8 Å². The summed E-state index contributed by atoms with van der Waals surface area (Å²) < 4.78 is 13.6. The van der Waals surface area contributed by atoms with Crippen LogP contribution in [0.3, 0.4) is 0 Å². The number of piperazine rings is 2. The van der Waals surface area contributed by atoms with E-state index in [0.717, 1.165) is 44.5 Å². The zero-order valence-corrected chi connectivity index (χ0v) is 21.0. The maximum atomic E-state index is 13.6. The van der Waals surface area contributed by atoms with E-state index >= 15 is 0 Å². The van der Waals surface area contributed by atoms with Crippen LogP contribution in [0.2, 0.25) is 0 Å². The number of nitrogens with zero attached hydrogens (tertiary/aromatic N) is 3. The van der Waals surface area contributed by atoms with Crippen molar-refractivity contribution in [3.05, 3.63) is 59.4 Å². The van der Waals surface area contributed by atoms with Crippen molar-refractivity contribution in [2.45, 2.75) is 25.7 Å². The molecule has 2 aliphatic heterocycles. The van der Waals surface area contributed by atoms with Crippen molar-refractivity contribution in [2.24, 2.45) is 5.92 Å². The third-order valence-electron chi connectivity index (χ3n) is 7.61. The van der Waals surface area contributed by atoms with E-state index in [1.165, 1.54) is 12.1 Å². The first-order chi connectivity index (χ1) is 18.0. The lowest BCUT2D eigenvalue weighted by Gasteiger charge is -2.37. The Labute approximate surface area is 216 Å². The fourth-order valence-corrected chi connectivity index (χ4v) is 5.47. The summed E-state index contributed by atoms with van der Waals surface area (Å²) in [5, 5.41) is 6.39. The van der Waals surface area contributed by atoms with E-state index in [9.17, 15) is 18.8 Å². The maximum absolute atomic E-state index is 13.6. The number of anilines is 2. The van der Waals surface area contributed by atoms with Crippen molar-refractivity contribution in [1.82, 2.24) is 15.1 Å². The predicted molar refractivity (Wildman–Crippen MR) is 140 cm³/mol. The Balaban J connectivity index is 1.33. The van der Waals surface area contributed by atoms with Gasteiger partial charge in [0.25, 0.3) is 11.8 Å². The molecule has 0 radical (unpaired) electrons. The van der Waals surface area contributed by atoms with Crippen molar-refractivity contribution in [3.63, 3.8) is 0 Å². The molecule has 9 heteroatoms. The third kappa shape index (κ3) is 5.77. The van der Waals surface area contributed by atoms with Gasteiger partial charge in [-0.05, 0) is 49.2 Å². The highest BCUT2D eigenvalue weighted by molar-refractivity contribution is 6.01. The predicted octanol–water partition coefficient (Wildman–Crippen LogP) is 2.96. The Morgan fingerprint density at radius 3 is 2.14 bits per heavy atom. The fraction of sp³-hybridized carbons (Fsp3) is 0.464. The van der Waals surface area contributed by atoms with Gasteiger partial charge in [-0.15, -0.1) is 0 Å². The molecule has 3 amide bonds. The Morgan fingerprint density at radius 1 is 0.811 bits per heavy atom. The Morgan fingerprint density at radius 2 is 1.46 bits per heavy atom. The normalized spacial score (nSPS) is 18.7. The lowest BCUT2D eigenvalue weighted by atomic mass is 10.1. The molecule has 196 valence electrons. The van der Waals surface area contributed by atoms with E-state index in [0.29, 0.717) is 56.1 Å². The summed E-state index contributed by atoms with van der Waals surface area (Å²) in [7, 11) is 0. The van der Waals surface area contributed by atoms with Crippen molar-refractivity contribution >= 4 is 29.1 Å². The highest BCUT2D eigenvalue weighted by atomic mass is 19.1. The molecule has 0 atom stereocenters. The molecule has 2 heterocycles. The van der Waals surface area contributed by atoms with E-state index < -0.39 is 5.82 Å². The quantitative estimate of drug-likeness (QED) is 0.650. The van der Waals surface area contributed by atoms with E-state index in [2.05, 4.69) is 15.5 Å². The Hall–Kier alpha value is -3.46. The van der Waals surface area contributed by atoms with Gasteiger partial charge in [-0.1, -0.05) is 18.9 Å². The molecule has 37 heavy (non-hydrogen) atoms. The summed E-state index contributed by atoms with van der Waals surface area (Å²) in [5.41, 5.74) is 2.39. The molecule has 2 aromatic carbocycles. The van der Waals surface area contributed by atoms with Gasteiger partial charge in [-0.25, -0.2) is 4.39 Å². The van der Waals surface area contributed by atoms with E-state index in [1.807, 2.05) is 17.0 Å². The number of carbonyl (C=O) groups is 3. The van der Waals surface area contributed by atoms with Crippen LogP contribution in [0.15, 0.2) is 42.5 Å². The second-order valence-electron chi connectivity index (χ2n) is 10.0. The van der Waals surface area contributed by atoms with Crippen molar-refractivity contribution in [3.8, 4) is 0 Å². The standard InChI is InChI=1S/C28H34FN5O3/c29-23-7-3-6-21(18-23)27(36)34-16-14-32(15-17-34)25-9-8-22(28(37)33-12-10-30-11-13-33)19-24(25)31-26(35)20-4-1-2-5-20/h3,6-9,18-20,30H,1-2,4-5,10-17H2,(H,31,35). The van der Waals surface area contributed by atoms with Crippen LogP contribution in [0.25, 0.3) is 0 Å². The van der Waals surface area contributed by atoms with Gasteiger partial charge in [-0.3, -0.25) is 14.4 Å². The average Bonchev–Trinajstić information content (AvgIpc) is 3.48. The monoisotopic (exact) mass is 507 g/mol. The van der Waals surface area contributed by atoms with E-state index in [4.69, 9.17) is 0 Å². The van der Waals surface area contributed by atoms with E-state index in [1.54, 1.807) is 23.1 Å². The summed E-state index contributed by atoms with van der Waals surface area (Å²) in [6.07, 6.45) is 3.91. The van der Waals surface area contributed by atoms with Gasteiger partial charge in [0.1, 0.15) is 5.82 Å². The Kier molecular flexibility index (Phi) is 7.69. The molecule has 1 aliphatic carbocycles. The lowest BCUT2D eigenvalue weighted by Crippen LogP contribution is -2.49. The van der Waals surface area contributed by atoms with Crippen LogP contribution in [0, 0.1) is 11.7 Å². The zero-order chi connectivity index (χ0) is 25.8. The van der Waals surface area contributed by atoms with Crippen molar-refractivity contribution in [1.29, 1.82) is 0 Å². The highest BCUT2D eigenvalue weighted by Gasteiger charge is 2.28. The number of hydrogen-bond donors (Lipinski definition) is 2. The van der Waals surface area contributed by atoms with Crippen LogP contribution in [-0.2, 0) is 4.79 Å². The van der Waals surface area contributed by atoms with Crippen molar-refractivity contribution < 1.29 is 18.8 Å². The summed E-state index contributed by atoms with van der Waals surface area (Å²) >= 11 is 0. The lowest BCUT2D eigenvalue weighted by molar-refractivity contribution is -0.119. The molecular formula is C28H34FN5O3. The Bertz CT molecular complexity index is 1150. The fourth-order valence-electron chi connectivity index (χ4n) is 5.47. The number of halogens is 1. The molecule has 5 rings (SSSR count). The molecule has 3 aliphatic rings. The third-order valence-corrected chi connectivity index (χ3v) is 7.61. The summed E-state index contributed by atoms with van der Waals surface area (Å²) in [5.74, 6) is -0.644. The largest absolute Gasteiger partial charge is 0.366 e. The van der Waals surface area contributed by atoms with Gasteiger partial charge < -0.3 is 25.3 Å².